The first kappa shape index (κ1) is 34.6. The van der Waals surface area contributed by atoms with Crippen LogP contribution in [0.25, 0.3) is 44.5 Å². The van der Waals surface area contributed by atoms with E-state index in [0.717, 1.165) is 6.42 Å². The van der Waals surface area contributed by atoms with E-state index < -0.39 is 0 Å². The highest BCUT2D eigenvalue weighted by molar-refractivity contribution is 5.95. The molecule has 1 atom stereocenters. The first-order chi connectivity index (χ1) is 27.5. The van der Waals surface area contributed by atoms with E-state index in [1.165, 1.54) is 112 Å². The summed E-state index contributed by atoms with van der Waals surface area (Å²) in [5.41, 5.74) is 27.7. The fourth-order valence-corrected chi connectivity index (χ4v) is 12.8. The molecule has 1 heteroatoms. The van der Waals surface area contributed by atoms with Crippen molar-refractivity contribution in [1.29, 1.82) is 0 Å². The molecule has 0 aromatic heterocycles. The van der Waals surface area contributed by atoms with Crippen molar-refractivity contribution in [2.75, 3.05) is 4.90 Å². The summed E-state index contributed by atoms with van der Waals surface area (Å²) in [7, 11) is 0. The minimum atomic E-state index is -0.239. The highest BCUT2D eigenvalue weighted by atomic mass is 15.2. The molecule has 3 aliphatic carbocycles. The molecule has 3 aliphatic heterocycles. The molecule has 0 bridgehead atoms. The van der Waals surface area contributed by atoms with Crippen molar-refractivity contribution in [2.45, 2.75) is 103 Å². The number of hydrogen-bond acceptors (Lipinski definition) is 1. The van der Waals surface area contributed by atoms with Crippen LogP contribution >= 0.6 is 0 Å². The predicted molar refractivity (Wildman–Crippen MR) is 243 cm³/mol. The fourth-order valence-electron chi connectivity index (χ4n) is 12.8. The minimum absolute atomic E-state index is 0.0462. The van der Waals surface area contributed by atoms with E-state index in [2.05, 4.69) is 195 Å². The molecule has 58 heavy (non-hydrogen) atoms. The van der Waals surface area contributed by atoms with Crippen LogP contribution in [0.4, 0.5) is 11.4 Å². The topological polar surface area (TPSA) is 3.24 Å². The summed E-state index contributed by atoms with van der Waals surface area (Å²) in [6, 6.07) is 42.9. The Kier molecular flexibility index (Phi) is 6.33. The molecule has 12 rings (SSSR count). The van der Waals surface area contributed by atoms with Crippen molar-refractivity contribution in [3.05, 3.63) is 177 Å². The molecule has 0 spiro atoms. The van der Waals surface area contributed by atoms with Gasteiger partial charge in [-0.3, -0.25) is 0 Å². The van der Waals surface area contributed by atoms with Crippen molar-refractivity contribution in [2.24, 2.45) is 5.92 Å². The summed E-state index contributed by atoms with van der Waals surface area (Å²) >= 11 is 0. The maximum Gasteiger partial charge on any atom is 0.0541 e. The maximum absolute atomic E-state index is 2.78. The van der Waals surface area contributed by atoms with E-state index in [-0.39, 0.29) is 27.1 Å². The highest BCUT2D eigenvalue weighted by Gasteiger charge is 2.55. The van der Waals surface area contributed by atoms with Crippen molar-refractivity contribution >= 4 is 11.4 Å². The lowest BCUT2D eigenvalue weighted by molar-refractivity contribution is 0.336. The quantitative estimate of drug-likeness (QED) is 0.170. The van der Waals surface area contributed by atoms with Gasteiger partial charge in [-0.1, -0.05) is 154 Å². The summed E-state index contributed by atoms with van der Waals surface area (Å²) < 4.78 is 0. The van der Waals surface area contributed by atoms with Gasteiger partial charge in [0.2, 0.25) is 0 Å². The Labute approximate surface area is 345 Å². The van der Waals surface area contributed by atoms with Crippen molar-refractivity contribution < 1.29 is 0 Å². The summed E-state index contributed by atoms with van der Waals surface area (Å²) in [4.78, 5) is 2.78. The number of allylic oxidation sites excluding steroid dienone is 4. The molecule has 0 amide bonds. The fraction of sp³-hybridized carbons (Fsp3) is 0.298. The number of hydrogen-bond donors (Lipinski definition) is 0. The van der Waals surface area contributed by atoms with Crippen LogP contribution in [-0.4, -0.2) is 0 Å². The molecular weight excluding hydrogens is 699 g/mol. The van der Waals surface area contributed by atoms with Gasteiger partial charge in [-0.2, -0.15) is 0 Å². The van der Waals surface area contributed by atoms with Crippen LogP contribution in [0.5, 0.6) is 0 Å². The number of rotatable bonds is 2. The summed E-state index contributed by atoms with van der Waals surface area (Å²) in [5.74, 6) is 0.387. The third kappa shape index (κ3) is 3.99. The van der Waals surface area contributed by atoms with Crippen LogP contribution in [-0.2, 0) is 27.1 Å². The number of anilines is 2. The Morgan fingerprint density at radius 1 is 0.414 bits per heavy atom. The Bertz CT molecular complexity index is 2950. The molecule has 6 aromatic rings. The monoisotopic (exact) mass is 751 g/mol. The Hall–Kier alpha value is -5.40. The van der Waals surface area contributed by atoms with E-state index >= 15 is 0 Å². The molecule has 6 aromatic carbocycles. The molecule has 6 aliphatic rings. The molecule has 0 fully saturated rings. The Morgan fingerprint density at radius 2 is 0.828 bits per heavy atom. The van der Waals surface area contributed by atoms with E-state index in [9.17, 15) is 0 Å². The van der Waals surface area contributed by atoms with E-state index in [1.807, 2.05) is 0 Å². The largest absolute Gasteiger partial charge is 0.312 e. The number of nitrogens with zero attached hydrogens (tertiary/aromatic N) is 1. The first-order valence-electron chi connectivity index (χ1n) is 21.6. The molecular formula is C57H53N. The normalized spacial score (nSPS) is 21.6. The molecule has 1 nitrogen and oxygen atoms in total. The van der Waals surface area contributed by atoms with Gasteiger partial charge in [0.05, 0.1) is 11.4 Å². The van der Waals surface area contributed by atoms with Crippen LogP contribution in [0, 0.1) is 5.92 Å². The average molecular weight is 752 g/mol. The van der Waals surface area contributed by atoms with Gasteiger partial charge < -0.3 is 4.90 Å². The van der Waals surface area contributed by atoms with E-state index in [4.69, 9.17) is 0 Å². The summed E-state index contributed by atoms with van der Waals surface area (Å²) in [6.45, 7) is 24.6. The van der Waals surface area contributed by atoms with Crippen molar-refractivity contribution in [3.8, 4) is 44.5 Å². The zero-order valence-electron chi connectivity index (χ0n) is 35.8. The zero-order valence-corrected chi connectivity index (χ0v) is 35.8. The summed E-state index contributed by atoms with van der Waals surface area (Å²) in [5, 5.41) is 0. The maximum atomic E-state index is 2.78. The third-order valence-electron chi connectivity index (χ3n) is 16.3. The van der Waals surface area contributed by atoms with Gasteiger partial charge in [0.25, 0.3) is 0 Å². The second-order valence-electron chi connectivity index (χ2n) is 21.0. The lowest BCUT2D eigenvalue weighted by atomic mass is 9.56. The SMILES string of the molecule is CC1(C)C2=C3C(CC=C2)C(C)(C)c2cc(-c4ccc5c(c4)C(C)(C)c4ccccc4-5)cc4c2N3c2c1cc(-c1ccc3c(c1)C(C)(C)c1ccccc1-3)cc2C4(C)C. The molecule has 1 unspecified atom stereocenters. The van der Waals surface area contributed by atoms with Gasteiger partial charge in [0.15, 0.2) is 0 Å². The van der Waals surface area contributed by atoms with Gasteiger partial charge in [-0.25, -0.2) is 0 Å². The predicted octanol–water partition coefficient (Wildman–Crippen LogP) is 14.8. The molecule has 286 valence electrons. The molecule has 0 N–H and O–H groups in total. The van der Waals surface area contributed by atoms with E-state index in [1.54, 1.807) is 0 Å². The molecule has 3 heterocycles. The van der Waals surface area contributed by atoms with Crippen molar-refractivity contribution in [1.82, 2.24) is 0 Å². The van der Waals surface area contributed by atoms with Crippen LogP contribution in [0.2, 0.25) is 0 Å². The molecule has 0 saturated heterocycles. The average Bonchev–Trinajstić information content (AvgIpc) is 3.58. The smallest absolute Gasteiger partial charge is 0.0541 e. The second kappa shape index (κ2) is 10.6. The number of benzene rings is 6. The van der Waals surface area contributed by atoms with Crippen LogP contribution in [0.3, 0.4) is 0 Å². The Balaban J connectivity index is 1.10. The van der Waals surface area contributed by atoms with E-state index in [0.29, 0.717) is 5.92 Å². The first-order valence-corrected chi connectivity index (χ1v) is 21.6. The molecule has 0 saturated carbocycles. The van der Waals surface area contributed by atoms with Gasteiger partial charge in [-0.05, 0) is 137 Å². The lowest BCUT2D eigenvalue weighted by Gasteiger charge is -2.59. The second-order valence-corrected chi connectivity index (χ2v) is 21.0. The van der Waals surface area contributed by atoms with Gasteiger partial charge >= 0.3 is 0 Å². The van der Waals surface area contributed by atoms with Crippen LogP contribution < -0.4 is 4.90 Å². The summed E-state index contributed by atoms with van der Waals surface area (Å²) in [6.07, 6.45) is 6.02. The van der Waals surface area contributed by atoms with Crippen LogP contribution in [0.1, 0.15) is 120 Å². The molecule has 0 radical (unpaired) electrons. The van der Waals surface area contributed by atoms with Crippen molar-refractivity contribution in [3.63, 3.8) is 0 Å². The third-order valence-corrected chi connectivity index (χ3v) is 16.3. The minimum Gasteiger partial charge on any atom is -0.312 e. The highest BCUT2D eigenvalue weighted by Crippen LogP contribution is 2.67. The standard InChI is InChI=1S/C57H53N/c1-53(2)40-18-13-11-16-36(40)38-24-22-32(26-44(38)53)34-28-46-51-48(30-34)57(9,10)49-31-35(33-23-25-39-37-17-12-14-19-41(37)54(3,4)45(39)27-33)29-47-52(49)58(51)50-42(55(46,5)6)20-15-21-43(50)56(47,7)8/h11-20,22-31,43H,21H2,1-10H3. The zero-order chi connectivity index (χ0) is 40.1. The van der Waals surface area contributed by atoms with Gasteiger partial charge in [-0.15, -0.1) is 0 Å². The van der Waals surface area contributed by atoms with Crippen LogP contribution in [0.15, 0.2) is 133 Å². The number of fused-ring (bicyclic) bond motifs is 6. The van der Waals surface area contributed by atoms with Gasteiger partial charge in [0.1, 0.15) is 0 Å². The Morgan fingerprint density at radius 3 is 1.36 bits per heavy atom. The lowest BCUT2D eigenvalue weighted by Crippen LogP contribution is -2.50. The van der Waals surface area contributed by atoms with Gasteiger partial charge in [0, 0.05) is 38.7 Å².